The fourth-order valence-electron chi connectivity index (χ4n) is 1.42. The second-order valence-electron chi connectivity index (χ2n) is 3.53. The zero-order chi connectivity index (χ0) is 12.3. The second-order valence-corrected chi connectivity index (χ2v) is 4.69. The van der Waals surface area contributed by atoms with Crippen LogP contribution in [0.5, 0.6) is 0 Å². The molecule has 0 unspecified atom stereocenters. The lowest BCUT2D eigenvalue weighted by Crippen LogP contribution is -2.23. The Morgan fingerprint density at radius 1 is 1.41 bits per heavy atom. The lowest BCUT2D eigenvalue weighted by atomic mass is 10.2. The van der Waals surface area contributed by atoms with E-state index < -0.39 is 0 Å². The molecule has 17 heavy (non-hydrogen) atoms. The third-order valence-corrected chi connectivity index (χ3v) is 3.18. The van der Waals surface area contributed by atoms with Gasteiger partial charge in [0, 0.05) is 22.5 Å². The van der Waals surface area contributed by atoms with Crippen LogP contribution >= 0.6 is 22.6 Å². The van der Waals surface area contributed by atoms with E-state index in [4.69, 9.17) is 0 Å². The Kier molecular flexibility index (Phi) is 3.78. The van der Waals surface area contributed by atoms with Gasteiger partial charge < -0.3 is 10.3 Å². The second kappa shape index (κ2) is 5.31. The Morgan fingerprint density at radius 3 is 2.88 bits per heavy atom. The SMILES string of the molecule is O=C(NCc1cc[nH]c1)c1ccc(F)cc1I. The number of aromatic amines is 1. The summed E-state index contributed by atoms with van der Waals surface area (Å²) in [5, 5.41) is 2.78. The van der Waals surface area contributed by atoms with E-state index in [0.29, 0.717) is 15.7 Å². The van der Waals surface area contributed by atoms with Gasteiger partial charge in [0.2, 0.25) is 0 Å². The molecule has 1 aromatic heterocycles. The van der Waals surface area contributed by atoms with E-state index in [1.165, 1.54) is 18.2 Å². The molecule has 0 aliphatic heterocycles. The summed E-state index contributed by atoms with van der Waals surface area (Å²) >= 11 is 1.95. The average Bonchev–Trinajstić information content (AvgIpc) is 2.78. The first-order valence-electron chi connectivity index (χ1n) is 5.02. The molecule has 0 aliphatic carbocycles. The quantitative estimate of drug-likeness (QED) is 0.827. The fourth-order valence-corrected chi connectivity index (χ4v) is 2.14. The summed E-state index contributed by atoms with van der Waals surface area (Å²) in [7, 11) is 0. The normalized spacial score (nSPS) is 10.2. The van der Waals surface area contributed by atoms with Crippen molar-refractivity contribution in [2.75, 3.05) is 0 Å². The lowest BCUT2D eigenvalue weighted by molar-refractivity contribution is 0.0950. The zero-order valence-corrected chi connectivity index (χ0v) is 11.0. The highest BCUT2D eigenvalue weighted by atomic mass is 127. The Balaban J connectivity index is 2.04. The standard InChI is InChI=1S/C12H10FIN2O/c13-9-1-2-10(11(14)5-9)12(17)16-7-8-3-4-15-6-8/h1-6,15H,7H2,(H,16,17). The van der Waals surface area contributed by atoms with Gasteiger partial charge in [-0.05, 0) is 52.4 Å². The van der Waals surface area contributed by atoms with Crippen molar-refractivity contribution in [3.8, 4) is 0 Å². The van der Waals surface area contributed by atoms with Gasteiger partial charge in [0.05, 0.1) is 5.56 Å². The molecule has 1 heterocycles. The molecule has 0 fully saturated rings. The molecule has 0 atom stereocenters. The van der Waals surface area contributed by atoms with Crippen LogP contribution < -0.4 is 5.32 Å². The van der Waals surface area contributed by atoms with Gasteiger partial charge in [0.1, 0.15) is 5.82 Å². The number of aromatic nitrogens is 1. The summed E-state index contributed by atoms with van der Waals surface area (Å²) in [6.45, 7) is 0.454. The van der Waals surface area contributed by atoms with Crippen molar-refractivity contribution in [3.63, 3.8) is 0 Å². The first-order valence-corrected chi connectivity index (χ1v) is 6.09. The molecular formula is C12H10FIN2O. The predicted molar refractivity (Wildman–Crippen MR) is 71.1 cm³/mol. The van der Waals surface area contributed by atoms with Crippen molar-refractivity contribution in [1.29, 1.82) is 0 Å². The number of benzene rings is 1. The summed E-state index contributed by atoms with van der Waals surface area (Å²) in [5.74, 6) is -0.535. The van der Waals surface area contributed by atoms with E-state index in [-0.39, 0.29) is 11.7 Å². The van der Waals surface area contributed by atoms with Crippen molar-refractivity contribution >= 4 is 28.5 Å². The molecule has 1 aromatic carbocycles. The maximum Gasteiger partial charge on any atom is 0.252 e. The Bertz CT molecular complexity index is 525. The van der Waals surface area contributed by atoms with Crippen LogP contribution in [0.15, 0.2) is 36.7 Å². The number of hydrogen-bond donors (Lipinski definition) is 2. The summed E-state index contributed by atoms with van der Waals surface area (Å²) in [6, 6.07) is 6.00. The number of hydrogen-bond acceptors (Lipinski definition) is 1. The molecule has 0 bridgehead atoms. The molecule has 5 heteroatoms. The fraction of sp³-hybridized carbons (Fsp3) is 0.0833. The van der Waals surface area contributed by atoms with Crippen molar-refractivity contribution < 1.29 is 9.18 Å². The van der Waals surface area contributed by atoms with Crippen LogP contribution in [0.2, 0.25) is 0 Å². The third-order valence-electron chi connectivity index (χ3n) is 2.29. The van der Waals surface area contributed by atoms with E-state index in [0.717, 1.165) is 5.56 Å². The Morgan fingerprint density at radius 2 is 2.24 bits per heavy atom. The van der Waals surface area contributed by atoms with E-state index in [2.05, 4.69) is 10.3 Å². The minimum Gasteiger partial charge on any atom is -0.367 e. The van der Waals surface area contributed by atoms with Gasteiger partial charge in [0.15, 0.2) is 0 Å². The van der Waals surface area contributed by atoms with Crippen LogP contribution in [0.3, 0.4) is 0 Å². The molecule has 2 N–H and O–H groups in total. The molecule has 0 saturated carbocycles. The van der Waals surface area contributed by atoms with Crippen molar-refractivity contribution in [2.45, 2.75) is 6.54 Å². The molecule has 2 rings (SSSR count). The molecule has 0 saturated heterocycles. The molecular weight excluding hydrogens is 334 g/mol. The van der Waals surface area contributed by atoms with Crippen LogP contribution in [0.25, 0.3) is 0 Å². The molecule has 1 amide bonds. The zero-order valence-electron chi connectivity index (χ0n) is 8.84. The van der Waals surface area contributed by atoms with E-state index in [1.807, 2.05) is 34.9 Å². The van der Waals surface area contributed by atoms with Crippen molar-refractivity contribution in [3.05, 3.63) is 57.2 Å². The topological polar surface area (TPSA) is 44.9 Å². The average molecular weight is 344 g/mol. The minimum absolute atomic E-state index is 0.199. The monoisotopic (exact) mass is 344 g/mol. The highest BCUT2D eigenvalue weighted by Gasteiger charge is 2.10. The maximum absolute atomic E-state index is 12.9. The third kappa shape index (κ3) is 3.06. The van der Waals surface area contributed by atoms with Crippen LogP contribution in [-0.2, 0) is 6.54 Å². The molecule has 0 radical (unpaired) electrons. The number of rotatable bonds is 3. The van der Waals surface area contributed by atoms with Gasteiger partial charge in [0.25, 0.3) is 5.91 Å². The number of halogens is 2. The number of nitrogens with one attached hydrogen (secondary N) is 2. The Labute approximate surface area is 112 Å². The van der Waals surface area contributed by atoms with Gasteiger partial charge in [-0.15, -0.1) is 0 Å². The Hall–Kier alpha value is -1.37. The van der Waals surface area contributed by atoms with Crippen molar-refractivity contribution in [1.82, 2.24) is 10.3 Å². The predicted octanol–water partition coefficient (Wildman–Crippen LogP) is 2.69. The highest BCUT2D eigenvalue weighted by molar-refractivity contribution is 14.1. The van der Waals surface area contributed by atoms with Gasteiger partial charge in [-0.1, -0.05) is 0 Å². The number of amides is 1. The first-order chi connectivity index (χ1) is 8.16. The van der Waals surface area contributed by atoms with Gasteiger partial charge in [-0.2, -0.15) is 0 Å². The number of carbonyl (C=O) groups excluding carboxylic acids is 1. The van der Waals surface area contributed by atoms with E-state index in [1.54, 1.807) is 6.20 Å². The number of H-pyrrole nitrogens is 1. The molecule has 88 valence electrons. The van der Waals surface area contributed by atoms with E-state index in [9.17, 15) is 9.18 Å². The van der Waals surface area contributed by atoms with Crippen LogP contribution in [0, 0.1) is 9.39 Å². The molecule has 0 spiro atoms. The summed E-state index contributed by atoms with van der Waals surface area (Å²) in [5.41, 5.74) is 1.48. The van der Waals surface area contributed by atoms with Gasteiger partial charge >= 0.3 is 0 Å². The first kappa shape index (κ1) is 12.1. The van der Waals surface area contributed by atoms with E-state index >= 15 is 0 Å². The smallest absolute Gasteiger partial charge is 0.252 e. The molecule has 0 aliphatic rings. The van der Waals surface area contributed by atoms with Crippen LogP contribution in [0.1, 0.15) is 15.9 Å². The summed E-state index contributed by atoms with van der Waals surface area (Å²) in [6.07, 6.45) is 3.61. The largest absolute Gasteiger partial charge is 0.367 e. The molecule has 3 nitrogen and oxygen atoms in total. The van der Waals surface area contributed by atoms with Gasteiger partial charge in [-0.3, -0.25) is 4.79 Å². The molecule has 2 aromatic rings. The minimum atomic E-state index is -0.336. The highest BCUT2D eigenvalue weighted by Crippen LogP contribution is 2.13. The van der Waals surface area contributed by atoms with Crippen LogP contribution in [0.4, 0.5) is 4.39 Å². The van der Waals surface area contributed by atoms with Crippen LogP contribution in [-0.4, -0.2) is 10.9 Å². The van der Waals surface area contributed by atoms with Gasteiger partial charge in [-0.25, -0.2) is 4.39 Å². The summed E-state index contributed by atoms with van der Waals surface area (Å²) < 4.78 is 13.5. The van der Waals surface area contributed by atoms with Crippen molar-refractivity contribution in [2.24, 2.45) is 0 Å². The lowest BCUT2D eigenvalue weighted by Gasteiger charge is -2.05. The maximum atomic E-state index is 12.9. The summed E-state index contributed by atoms with van der Waals surface area (Å²) in [4.78, 5) is 14.7. The number of carbonyl (C=O) groups is 1.